The number of benzene rings is 2. The zero-order valence-electron chi connectivity index (χ0n) is 21.3. The van der Waals surface area contributed by atoms with Gasteiger partial charge in [0.05, 0.1) is 13.2 Å². The Hall–Kier alpha value is -3.70. The van der Waals surface area contributed by atoms with Crippen LogP contribution in [0.3, 0.4) is 0 Å². The van der Waals surface area contributed by atoms with Gasteiger partial charge in [-0.05, 0) is 42.2 Å². The van der Waals surface area contributed by atoms with E-state index in [4.69, 9.17) is 14.6 Å². The second kappa shape index (κ2) is 11.2. The van der Waals surface area contributed by atoms with Gasteiger partial charge in [-0.3, -0.25) is 9.59 Å². The van der Waals surface area contributed by atoms with E-state index in [1.165, 1.54) is 17.8 Å². The van der Waals surface area contributed by atoms with Crippen LogP contribution in [0.4, 0.5) is 10.3 Å². The van der Waals surface area contributed by atoms with Crippen molar-refractivity contribution in [1.29, 1.82) is 0 Å². The number of halogens is 1. The highest BCUT2D eigenvalue weighted by molar-refractivity contribution is 7.98. The van der Waals surface area contributed by atoms with Crippen molar-refractivity contribution >= 4 is 29.4 Å². The van der Waals surface area contributed by atoms with Crippen molar-refractivity contribution in [2.45, 2.75) is 36.2 Å². The van der Waals surface area contributed by atoms with Crippen molar-refractivity contribution in [2.75, 3.05) is 38.2 Å². The van der Waals surface area contributed by atoms with Crippen LogP contribution in [0, 0.1) is 5.82 Å². The van der Waals surface area contributed by atoms with Crippen LogP contribution in [0.15, 0.2) is 65.0 Å². The van der Waals surface area contributed by atoms with Crippen molar-refractivity contribution in [3.63, 3.8) is 0 Å². The number of ether oxygens (including phenoxy) is 2. The lowest BCUT2D eigenvalue weighted by atomic mass is 9.85. The summed E-state index contributed by atoms with van der Waals surface area (Å²) in [6, 6.07) is 13.6. The number of morpholine rings is 1. The summed E-state index contributed by atoms with van der Waals surface area (Å²) in [4.78, 5) is 31.9. The van der Waals surface area contributed by atoms with E-state index in [1.807, 2.05) is 24.3 Å². The number of rotatable bonds is 7. The summed E-state index contributed by atoms with van der Waals surface area (Å²) in [6.45, 7) is 2.18. The Bertz CT molecular complexity index is 1420. The first-order valence-electron chi connectivity index (χ1n) is 13.0. The summed E-state index contributed by atoms with van der Waals surface area (Å²) in [5.74, 6) is 1.27. The minimum Gasteiger partial charge on any atom is -0.484 e. The molecule has 1 unspecified atom stereocenters. The van der Waals surface area contributed by atoms with Gasteiger partial charge in [0.25, 0.3) is 5.91 Å². The Labute approximate surface area is 229 Å². The molecular formula is C28H28FN5O4S. The molecule has 0 spiro atoms. The third-order valence-corrected chi connectivity index (χ3v) is 7.97. The highest BCUT2D eigenvalue weighted by Crippen LogP contribution is 2.41. The Balaban J connectivity index is 1.22. The van der Waals surface area contributed by atoms with E-state index in [2.05, 4.69) is 10.3 Å². The number of carbonyl (C=O) groups is 2. The minimum absolute atomic E-state index is 0.0453. The zero-order valence-corrected chi connectivity index (χ0v) is 22.1. The smallest absolute Gasteiger partial charge is 0.260 e. The lowest BCUT2D eigenvalue weighted by molar-refractivity contribution is -0.137. The Morgan fingerprint density at radius 2 is 1.92 bits per heavy atom. The van der Waals surface area contributed by atoms with Crippen LogP contribution in [0.1, 0.15) is 36.4 Å². The molecule has 1 aliphatic carbocycles. The van der Waals surface area contributed by atoms with Gasteiger partial charge in [0.15, 0.2) is 12.4 Å². The summed E-state index contributed by atoms with van der Waals surface area (Å²) in [7, 11) is 0. The van der Waals surface area contributed by atoms with Crippen LogP contribution in [-0.4, -0.2) is 64.3 Å². The Morgan fingerprint density at radius 1 is 1.13 bits per heavy atom. The van der Waals surface area contributed by atoms with Crippen molar-refractivity contribution in [1.82, 2.24) is 19.7 Å². The van der Waals surface area contributed by atoms with Gasteiger partial charge in [-0.2, -0.15) is 4.98 Å². The molecule has 1 fully saturated rings. The van der Waals surface area contributed by atoms with Crippen molar-refractivity contribution < 1.29 is 23.5 Å². The topological polar surface area (TPSA) is 98.6 Å². The van der Waals surface area contributed by atoms with Crippen LogP contribution in [0.25, 0.3) is 0 Å². The van der Waals surface area contributed by atoms with Crippen LogP contribution in [-0.2, 0) is 20.1 Å². The van der Waals surface area contributed by atoms with Crippen LogP contribution >= 0.6 is 11.8 Å². The predicted octanol–water partition coefficient (Wildman–Crippen LogP) is 3.97. The summed E-state index contributed by atoms with van der Waals surface area (Å²) in [5.41, 5.74) is 3.01. The van der Waals surface area contributed by atoms with Crippen molar-refractivity contribution in [3.8, 4) is 5.75 Å². The second-order valence-corrected chi connectivity index (χ2v) is 10.5. The highest BCUT2D eigenvalue weighted by Gasteiger charge is 2.37. The SMILES string of the molecule is O=C1CCCC2=C1C(c1ccc(OCC(=O)N3CCOCC3)cc1)n1nc(SCc3ccccc3F)nc1N2. The van der Waals surface area contributed by atoms with Crippen molar-refractivity contribution in [3.05, 3.63) is 76.7 Å². The number of anilines is 1. The highest BCUT2D eigenvalue weighted by atomic mass is 32.2. The molecule has 0 radical (unpaired) electrons. The normalized spacial score (nSPS) is 18.8. The molecule has 9 nitrogen and oxygen atoms in total. The van der Waals surface area contributed by atoms with Crippen LogP contribution in [0.2, 0.25) is 0 Å². The molecule has 6 rings (SSSR count). The molecule has 1 amide bonds. The summed E-state index contributed by atoms with van der Waals surface area (Å²) >= 11 is 1.35. The molecule has 202 valence electrons. The molecule has 1 atom stereocenters. The van der Waals surface area contributed by atoms with E-state index >= 15 is 0 Å². The van der Waals surface area contributed by atoms with Gasteiger partial charge in [0.2, 0.25) is 11.1 Å². The Kier molecular flexibility index (Phi) is 7.34. The molecule has 1 saturated heterocycles. The first-order valence-corrected chi connectivity index (χ1v) is 14.0. The molecule has 0 saturated carbocycles. The predicted molar refractivity (Wildman–Crippen MR) is 143 cm³/mol. The Morgan fingerprint density at radius 3 is 2.72 bits per heavy atom. The van der Waals surface area contributed by atoms with Crippen LogP contribution in [0.5, 0.6) is 5.75 Å². The number of nitrogens with one attached hydrogen (secondary N) is 1. The minimum atomic E-state index is -0.441. The van der Waals surface area contributed by atoms with E-state index in [-0.39, 0.29) is 24.1 Å². The maximum absolute atomic E-state index is 14.1. The average molecular weight is 550 g/mol. The summed E-state index contributed by atoms with van der Waals surface area (Å²) < 4.78 is 26.9. The number of ketones is 1. The number of hydrogen-bond acceptors (Lipinski definition) is 8. The molecule has 2 aliphatic heterocycles. The van der Waals surface area contributed by atoms with Gasteiger partial charge in [-0.1, -0.05) is 42.1 Å². The average Bonchev–Trinajstić information content (AvgIpc) is 3.38. The summed E-state index contributed by atoms with van der Waals surface area (Å²) in [6.07, 6.45) is 2.03. The quantitative estimate of drug-likeness (QED) is 0.442. The largest absolute Gasteiger partial charge is 0.484 e. The monoisotopic (exact) mass is 549 g/mol. The number of aromatic nitrogens is 3. The van der Waals surface area contributed by atoms with Gasteiger partial charge in [-0.25, -0.2) is 9.07 Å². The van der Waals surface area contributed by atoms with Gasteiger partial charge in [0, 0.05) is 36.5 Å². The third-order valence-electron chi connectivity index (χ3n) is 7.09. The number of allylic oxidation sites excluding steroid dienone is 2. The maximum Gasteiger partial charge on any atom is 0.260 e. The summed E-state index contributed by atoms with van der Waals surface area (Å²) in [5, 5.41) is 8.54. The van der Waals surface area contributed by atoms with Gasteiger partial charge in [-0.15, -0.1) is 5.10 Å². The van der Waals surface area contributed by atoms with Gasteiger partial charge in [0.1, 0.15) is 17.6 Å². The lowest BCUT2D eigenvalue weighted by Gasteiger charge is -2.32. The molecule has 1 aromatic heterocycles. The molecule has 3 aromatic rings. The fourth-order valence-electron chi connectivity index (χ4n) is 5.06. The molecule has 3 heterocycles. The molecule has 0 bridgehead atoms. The van der Waals surface area contributed by atoms with E-state index in [1.54, 1.807) is 27.8 Å². The number of fused-ring (bicyclic) bond motifs is 1. The van der Waals surface area contributed by atoms with Crippen LogP contribution < -0.4 is 10.1 Å². The van der Waals surface area contributed by atoms with Crippen molar-refractivity contribution in [2.24, 2.45) is 0 Å². The molecule has 1 N–H and O–H groups in total. The standard InChI is InChI=1S/C28H28FN5O4S/c29-21-5-2-1-4-19(21)17-39-28-31-27-30-22-6-3-7-23(35)25(22)26(34(27)32-28)18-8-10-20(11-9-18)38-16-24(36)33-12-14-37-15-13-33/h1-2,4-5,8-11,26H,3,6-7,12-17H2,(H,30,31,32). The van der Waals surface area contributed by atoms with E-state index in [9.17, 15) is 14.0 Å². The number of Topliss-reactive ketones (excluding diaryl/α,β-unsaturated/α-hetero) is 1. The fraction of sp³-hybridized carbons (Fsp3) is 0.357. The second-order valence-electron chi connectivity index (χ2n) is 9.59. The van der Waals surface area contributed by atoms with E-state index < -0.39 is 6.04 Å². The fourth-order valence-corrected chi connectivity index (χ4v) is 5.87. The molecule has 11 heteroatoms. The first kappa shape index (κ1) is 25.6. The molecule has 2 aromatic carbocycles. The zero-order chi connectivity index (χ0) is 26.8. The third kappa shape index (κ3) is 5.41. The number of carbonyl (C=O) groups excluding carboxylic acids is 2. The van der Waals surface area contributed by atoms with Gasteiger partial charge >= 0.3 is 0 Å². The van der Waals surface area contributed by atoms with E-state index in [0.717, 1.165) is 24.1 Å². The van der Waals surface area contributed by atoms with Gasteiger partial charge < -0.3 is 19.7 Å². The molecule has 39 heavy (non-hydrogen) atoms. The molecule has 3 aliphatic rings. The number of amides is 1. The number of nitrogens with zero attached hydrogens (tertiary/aromatic N) is 4. The van der Waals surface area contributed by atoms with E-state index in [0.29, 0.717) is 66.5 Å². The number of hydrogen-bond donors (Lipinski definition) is 1. The first-order chi connectivity index (χ1) is 19.1. The number of thioether (sulfide) groups is 1. The molecular weight excluding hydrogens is 521 g/mol. The maximum atomic E-state index is 14.1. The lowest BCUT2D eigenvalue weighted by Crippen LogP contribution is -2.42.